The number of anilines is 4. The standard InChI is InChI=1S/C30H38F3N7O4S/c1-6-40-13-7-8-22(40)17-35-28(41)20-11-12-24(26(15-20)44-4)37-29-36-18-23(30(31,32)33)27(38-29)34-16-21-10-9-19(2)14-25(21)39(3)45(5,42)43/h9-12,14-15,18,22H,6-8,13,16-17H2,1-5H3,(H,35,41)(H2,34,36,37,38)/t22-/m0/s1. The molecular weight excluding hydrogens is 611 g/mol. The molecule has 0 radical (unpaired) electrons. The number of carbonyl (C=O) groups excluding carboxylic acids is 1. The van der Waals surface area contributed by atoms with Crippen LogP contribution in [0.5, 0.6) is 5.75 Å². The van der Waals surface area contributed by atoms with Gasteiger partial charge in [-0.25, -0.2) is 13.4 Å². The summed E-state index contributed by atoms with van der Waals surface area (Å²) in [6.45, 7) is 6.19. The van der Waals surface area contributed by atoms with Crippen LogP contribution in [0.4, 0.5) is 36.3 Å². The lowest BCUT2D eigenvalue weighted by Crippen LogP contribution is -2.40. The zero-order chi connectivity index (χ0) is 32.9. The molecule has 3 aromatic rings. The second-order valence-corrected chi connectivity index (χ2v) is 12.9. The van der Waals surface area contributed by atoms with Crippen molar-refractivity contribution in [2.75, 3.05) is 55.0 Å². The van der Waals surface area contributed by atoms with Crippen LogP contribution in [0.15, 0.2) is 42.6 Å². The Hall–Kier alpha value is -4.11. The molecule has 2 heterocycles. The van der Waals surface area contributed by atoms with E-state index in [1.165, 1.54) is 20.2 Å². The van der Waals surface area contributed by atoms with E-state index in [0.29, 0.717) is 41.3 Å². The molecule has 244 valence electrons. The normalized spacial score (nSPS) is 15.5. The summed E-state index contributed by atoms with van der Waals surface area (Å²) in [6.07, 6.45) is -0.944. The second-order valence-electron chi connectivity index (χ2n) is 10.8. The van der Waals surface area contributed by atoms with E-state index in [9.17, 15) is 26.4 Å². The lowest BCUT2D eigenvalue weighted by atomic mass is 10.1. The maximum Gasteiger partial charge on any atom is 0.421 e. The van der Waals surface area contributed by atoms with E-state index in [1.54, 1.807) is 37.3 Å². The number of alkyl halides is 3. The Morgan fingerprint density at radius 2 is 1.96 bits per heavy atom. The number of rotatable bonds is 12. The van der Waals surface area contributed by atoms with E-state index in [1.807, 2.05) is 0 Å². The highest BCUT2D eigenvalue weighted by molar-refractivity contribution is 7.92. The Bertz CT molecular complexity index is 1640. The molecule has 1 saturated heterocycles. The van der Waals surface area contributed by atoms with Gasteiger partial charge in [-0.2, -0.15) is 18.2 Å². The number of halogens is 3. The molecule has 1 aliphatic heterocycles. The summed E-state index contributed by atoms with van der Waals surface area (Å²) in [5, 5.41) is 8.55. The largest absolute Gasteiger partial charge is 0.495 e. The van der Waals surface area contributed by atoms with Gasteiger partial charge in [0.15, 0.2) is 0 Å². The Morgan fingerprint density at radius 3 is 2.62 bits per heavy atom. The van der Waals surface area contributed by atoms with Crippen LogP contribution in [-0.4, -0.2) is 75.3 Å². The van der Waals surface area contributed by atoms with Crippen molar-refractivity contribution in [2.24, 2.45) is 0 Å². The van der Waals surface area contributed by atoms with Crippen molar-refractivity contribution in [3.05, 3.63) is 64.8 Å². The highest BCUT2D eigenvalue weighted by Crippen LogP contribution is 2.36. The molecule has 0 saturated carbocycles. The number of likely N-dealkylation sites (tertiary alicyclic amines) is 1. The predicted octanol–water partition coefficient (Wildman–Crippen LogP) is 4.78. The maximum absolute atomic E-state index is 13.9. The fraction of sp³-hybridized carbons (Fsp3) is 0.433. The molecule has 1 aromatic heterocycles. The van der Waals surface area contributed by atoms with Gasteiger partial charge in [0.2, 0.25) is 16.0 Å². The van der Waals surface area contributed by atoms with Crippen molar-refractivity contribution >= 4 is 39.1 Å². The van der Waals surface area contributed by atoms with E-state index in [2.05, 4.69) is 37.7 Å². The second kappa shape index (κ2) is 13.9. The summed E-state index contributed by atoms with van der Waals surface area (Å²) < 4.78 is 72.6. The summed E-state index contributed by atoms with van der Waals surface area (Å²) in [5.74, 6) is -0.655. The molecule has 0 bridgehead atoms. The average Bonchev–Trinajstić information content (AvgIpc) is 3.45. The Kier molecular flexibility index (Phi) is 10.4. The van der Waals surface area contributed by atoms with E-state index in [4.69, 9.17) is 4.74 Å². The molecule has 45 heavy (non-hydrogen) atoms. The number of aromatic nitrogens is 2. The van der Waals surface area contributed by atoms with Gasteiger partial charge in [0.25, 0.3) is 5.91 Å². The molecule has 11 nitrogen and oxygen atoms in total. The first kappa shape index (κ1) is 33.8. The summed E-state index contributed by atoms with van der Waals surface area (Å²) in [7, 11) is -0.842. The molecule has 1 aliphatic rings. The summed E-state index contributed by atoms with van der Waals surface area (Å²) in [5.41, 5.74) is 1.15. The maximum atomic E-state index is 13.9. The number of benzene rings is 2. The van der Waals surface area contributed by atoms with Gasteiger partial charge in [0.1, 0.15) is 17.1 Å². The van der Waals surface area contributed by atoms with Crippen molar-refractivity contribution in [2.45, 2.75) is 45.5 Å². The van der Waals surface area contributed by atoms with Crippen molar-refractivity contribution in [3.8, 4) is 5.75 Å². The minimum atomic E-state index is -4.76. The molecule has 3 N–H and O–H groups in total. The van der Waals surface area contributed by atoms with Crippen LogP contribution in [0.1, 0.15) is 46.8 Å². The molecule has 1 amide bonds. The Labute approximate surface area is 261 Å². The number of aryl methyl sites for hydroxylation is 1. The van der Waals surface area contributed by atoms with Crippen LogP contribution >= 0.6 is 0 Å². The minimum absolute atomic E-state index is 0.153. The first-order chi connectivity index (χ1) is 21.2. The fourth-order valence-electron chi connectivity index (χ4n) is 5.17. The van der Waals surface area contributed by atoms with Gasteiger partial charge < -0.3 is 20.7 Å². The number of amides is 1. The van der Waals surface area contributed by atoms with Gasteiger partial charge in [-0.15, -0.1) is 0 Å². The molecule has 0 aliphatic carbocycles. The van der Waals surface area contributed by atoms with Crippen molar-refractivity contribution in [1.82, 2.24) is 20.2 Å². The van der Waals surface area contributed by atoms with Crippen LogP contribution in [0.3, 0.4) is 0 Å². The first-order valence-electron chi connectivity index (χ1n) is 14.4. The van der Waals surface area contributed by atoms with Crippen LogP contribution in [0.25, 0.3) is 0 Å². The highest BCUT2D eigenvalue weighted by atomic mass is 32.2. The molecule has 0 unspecified atom stereocenters. The zero-order valence-electron chi connectivity index (χ0n) is 25.8. The van der Waals surface area contributed by atoms with Crippen molar-refractivity contribution < 1.29 is 31.1 Å². The van der Waals surface area contributed by atoms with Gasteiger partial charge in [-0.3, -0.25) is 14.0 Å². The van der Waals surface area contributed by atoms with Crippen LogP contribution in [-0.2, 0) is 22.7 Å². The number of sulfonamides is 1. The van der Waals surface area contributed by atoms with Crippen molar-refractivity contribution in [1.29, 1.82) is 0 Å². The van der Waals surface area contributed by atoms with Gasteiger partial charge >= 0.3 is 6.18 Å². The SMILES string of the molecule is CCN1CCC[C@H]1CNC(=O)c1ccc(Nc2ncc(C(F)(F)F)c(NCc3ccc(C)cc3N(C)S(C)(=O)=O)n2)c(OC)c1. The highest BCUT2D eigenvalue weighted by Gasteiger charge is 2.35. The number of hydrogen-bond acceptors (Lipinski definition) is 9. The van der Waals surface area contributed by atoms with E-state index in [0.717, 1.165) is 42.1 Å². The van der Waals surface area contributed by atoms with Crippen molar-refractivity contribution in [3.63, 3.8) is 0 Å². The molecule has 15 heteroatoms. The summed E-state index contributed by atoms with van der Waals surface area (Å²) in [6, 6.07) is 9.98. The number of likely N-dealkylation sites (N-methyl/N-ethyl adjacent to an activating group) is 1. The summed E-state index contributed by atoms with van der Waals surface area (Å²) >= 11 is 0. The monoisotopic (exact) mass is 649 g/mol. The number of nitrogens with zero attached hydrogens (tertiary/aromatic N) is 4. The number of nitrogens with one attached hydrogen (secondary N) is 3. The molecule has 1 atom stereocenters. The minimum Gasteiger partial charge on any atom is -0.495 e. The van der Waals surface area contributed by atoms with Crippen LogP contribution in [0, 0.1) is 6.92 Å². The number of carbonyl (C=O) groups is 1. The third-order valence-corrected chi connectivity index (χ3v) is 8.92. The molecule has 0 spiro atoms. The van der Waals surface area contributed by atoms with E-state index < -0.39 is 27.6 Å². The molecule has 2 aromatic carbocycles. The lowest BCUT2D eigenvalue weighted by Gasteiger charge is -2.23. The van der Waals surface area contributed by atoms with Gasteiger partial charge in [-0.1, -0.05) is 19.1 Å². The Balaban J connectivity index is 1.54. The first-order valence-corrected chi connectivity index (χ1v) is 16.2. The predicted molar refractivity (Wildman–Crippen MR) is 168 cm³/mol. The summed E-state index contributed by atoms with van der Waals surface area (Å²) in [4.78, 5) is 23.1. The Morgan fingerprint density at radius 1 is 1.20 bits per heavy atom. The van der Waals surface area contributed by atoms with Crippen LogP contribution in [0.2, 0.25) is 0 Å². The van der Waals surface area contributed by atoms with Gasteiger partial charge in [0.05, 0.1) is 24.7 Å². The average molecular weight is 650 g/mol. The van der Waals surface area contributed by atoms with E-state index >= 15 is 0 Å². The van der Waals surface area contributed by atoms with Gasteiger partial charge in [-0.05, 0) is 68.2 Å². The molecular formula is C30H38F3N7O4S. The number of hydrogen-bond donors (Lipinski definition) is 3. The number of ether oxygens (including phenoxy) is 1. The third kappa shape index (κ3) is 8.34. The van der Waals surface area contributed by atoms with E-state index in [-0.39, 0.29) is 24.1 Å². The smallest absolute Gasteiger partial charge is 0.421 e. The zero-order valence-corrected chi connectivity index (χ0v) is 26.6. The molecule has 1 fully saturated rings. The quantitative estimate of drug-likeness (QED) is 0.254. The van der Waals surface area contributed by atoms with Gasteiger partial charge in [0, 0.05) is 37.9 Å². The van der Waals surface area contributed by atoms with Crippen LogP contribution < -0.4 is 25.0 Å². The third-order valence-electron chi connectivity index (χ3n) is 7.73. The molecule has 4 rings (SSSR count). The fourth-order valence-corrected chi connectivity index (χ4v) is 5.70. The topological polar surface area (TPSA) is 129 Å². The number of methoxy groups -OCH3 is 1. The lowest BCUT2D eigenvalue weighted by molar-refractivity contribution is -0.137.